The fourth-order valence-electron chi connectivity index (χ4n) is 0.926. The van der Waals surface area contributed by atoms with Crippen molar-refractivity contribution < 1.29 is 19.4 Å². The lowest BCUT2D eigenvalue weighted by molar-refractivity contribution is -0.402. The van der Waals surface area contributed by atoms with Crippen LogP contribution < -0.4 is 9.47 Å². The summed E-state index contributed by atoms with van der Waals surface area (Å²) in [5, 5.41) is 14.8. The molecule has 16 heavy (non-hydrogen) atoms. The molecule has 0 unspecified atom stereocenters. The van der Waals surface area contributed by atoms with Gasteiger partial charge >= 0.3 is 0 Å². The van der Waals surface area contributed by atoms with Gasteiger partial charge in [0.15, 0.2) is 11.5 Å². The molecule has 0 saturated heterocycles. The maximum Gasteiger partial charge on any atom is 0.161 e. The SMILES string of the molecule is COc1ccc(C=O)cc1OC.O=[N+]([O-])[O-]. The molecule has 0 aliphatic heterocycles. The van der Waals surface area contributed by atoms with Gasteiger partial charge in [-0.15, -0.1) is 0 Å². The van der Waals surface area contributed by atoms with Gasteiger partial charge in [0, 0.05) is 5.56 Å². The Bertz CT molecular complexity index is 361. The number of rotatable bonds is 3. The van der Waals surface area contributed by atoms with Crippen molar-refractivity contribution in [3.63, 3.8) is 0 Å². The molecule has 0 radical (unpaired) electrons. The highest BCUT2D eigenvalue weighted by Crippen LogP contribution is 2.26. The molecule has 0 bridgehead atoms. The molecule has 1 aromatic rings. The summed E-state index contributed by atoms with van der Waals surface area (Å²) in [5.74, 6) is 1.20. The summed E-state index contributed by atoms with van der Waals surface area (Å²) in [6, 6.07) is 5.00. The molecule has 0 spiro atoms. The van der Waals surface area contributed by atoms with Crippen LogP contribution in [0.2, 0.25) is 0 Å². The number of nitrogens with zero attached hydrogens (tertiary/aromatic N) is 1. The Morgan fingerprint density at radius 3 is 2.06 bits per heavy atom. The van der Waals surface area contributed by atoms with E-state index in [9.17, 15) is 4.79 Å². The van der Waals surface area contributed by atoms with Crippen molar-refractivity contribution in [2.24, 2.45) is 0 Å². The first-order valence-corrected chi connectivity index (χ1v) is 4.03. The van der Waals surface area contributed by atoms with Gasteiger partial charge in [0.05, 0.1) is 19.3 Å². The Morgan fingerprint density at radius 2 is 1.69 bits per heavy atom. The zero-order valence-electron chi connectivity index (χ0n) is 8.71. The number of hydrogen-bond donors (Lipinski definition) is 0. The number of methoxy groups -OCH3 is 2. The molecule has 7 heteroatoms. The second-order valence-electron chi connectivity index (χ2n) is 2.46. The molecule has 1 aromatic carbocycles. The van der Waals surface area contributed by atoms with Crippen molar-refractivity contribution in [1.29, 1.82) is 0 Å². The van der Waals surface area contributed by atoms with Crippen LogP contribution in [0.3, 0.4) is 0 Å². The summed E-state index contributed by atoms with van der Waals surface area (Å²) in [6.07, 6.45) is 0.766. The van der Waals surface area contributed by atoms with Crippen LogP contribution >= 0.6 is 0 Å². The first kappa shape index (κ1) is 13.7. The summed E-state index contributed by atoms with van der Waals surface area (Å²) in [6.45, 7) is 0. The van der Waals surface area contributed by atoms with Crippen LogP contribution in [0.1, 0.15) is 10.4 Å². The van der Waals surface area contributed by atoms with E-state index in [0.717, 1.165) is 6.29 Å². The Labute approximate surface area is 91.3 Å². The monoisotopic (exact) mass is 228 g/mol. The number of hydrogen-bond acceptors (Lipinski definition) is 6. The average molecular weight is 228 g/mol. The molecule has 0 aromatic heterocycles. The van der Waals surface area contributed by atoms with Crippen molar-refractivity contribution in [3.8, 4) is 11.5 Å². The second kappa shape index (κ2) is 7.04. The van der Waals surface area contributed by atoms with Crippen LogP contribution in [0.15, 0.2) is 18.2 Å². The Morgan fingerprint density at radius 1 is 1.19 bits per heavy atom. The van der Waals surface area contributed by atoms with Crippen molar-refractivity contribution in [3.05, 3.63) is 39.1 Å². The van der Waals surface area contributed by atoms with Gasteiger partial charge in [0.2, 0.25) is 0 Å². The summed E-state index contributed by atoms with van der Waals surface area (Å²) in [4.78, 5) is 18.6. The number of aldehydes is 1. The minimum absolute atomic E-state index is 0.571. The van der Waals surface area contributed by atoms with Crippen LogP contribution in [0.4, 0.5) is 0 Å². The topological polar surface area (TPSA) is 102 Å². The third-order valence-corrected chi connectivity index (χ3v) is 1.54. The van der Waals surface area contributed by atoms with E-state index in [-0.39, 0.29) is 0 Å². The number of carbonyl (C=O) groups excluding carboxylic acids is 1. The van der Waals surface area contributed by atoms with E-state index in [1.54, 1.807) is 25.3 Å². The minimum Gasteiger partial charge on any atom is -0.493 e. The van der Waals surface area contributed by atoms with E-state index in [1.807, 2.05) is 0 Å². The van der Waals surface area contributed by atoms with Gasteiger partial charge in [-0.2, -0.15) is 0 Å². The first-order valence-electron chi connectivity index (χ1n) is 4.03. The molecular formula is C9H10NO6-. The Hall–Kier alpha value is -2.31. The maximum atomic E-state index is 10.4. The minimum atomic E-state index is -1.75. The van der Waals surface area contributed by atoms with Gasteiger partial charge in [-0.05, 0) is 18.2 Å². The van der Waals surface area contributed by atoms with E-state index < -0.39 is 5.09 Å². The van der Waals surface area contributed by atoms with Crippen molar-refractivity contribution in [2.45, 2.75) is 0 Å². The highest BCUT2D eigenvalue weighted by Gasteiger charge is 2.02. The molecule has 0 heterocycles. The normalized spacial score (nSPS) is 8.38. The fraction of sp³-hybridized carbons (Fsp3) is 0.222. The highest BCUT2D eigenvalue weighted by molar-refractivity contribution is 5.76. The maximum absolute atomic E-state index is 10.4. The van der Waals surface area contributed by atoms with E-state index in [4.69, 9.17) is 24.8 Å². The van der Waals surface area contributed by atoms with Crippen LogP contribution in [-0.4, -0.2) is 25.6 Å². The molecule has 1 rings (SSSR count). The standard InChI is InChI=1S/C9H10O3.NO3/c1-11-8-4-3-7(6-10)5-9(8)12-2;2-1(3)4/h3-6H,1-2H3;/q;-1. The van der Waals surface area contributed by atoms with Crippen LogP contribution in [0.25, 0.3) is 0 Å². The van der Waals surface area contributed by atoms with Gasteiger partial charge in [-0.25, -0.2) is 0 Å². The Balaban J connectivity index is 0.000000487. The van der Waals surface area contributed by atoms with Crippen LogP contribution in [0, 0.1) is 15.3 Å². The Kier molecular flexibility index (Phi) is 6.03. The molecule has 0 aliphatic carbocycles. The van der Waals surface area contributed by atoms with Gasteiger partial charge in [0.25, 0.3) is 0 Å². The zero-order valence-corrected chi connectivity index (χ0v) is 8.71. The molecule has 88 valence electrons. The van der Waals surface area contributed by atoms with Gasteiger partial charge < -0.3 is 24.8 Å². The third-order valence-electron chi connectivity index (χ3n) is 1.54. The van der Waals surface area contributed by atoms with E-state index in [1.165, 1.54) is 7.11 Å². The zero-order chi connectivity index (χ0) is 12.6. The second-order valence-corrected chi connectivity index (χ2v) is 2.46. The number of carbonyl (C=O) groups is 1. The average Bonchev–Trinajstić information content (AvgIpc) is 2.27. The molecule has 0 atom stereocenters. The summed E-state index contributed by atoms with van der Waals surface area (Å²) < 4.78 is 9.99. The smallest absolute Gasteiger partial charge is 0.161 e. The third kappa shape index (κ3) is 4.80. The van der Waals surface area contributed by atoms with E-state index in [2.05, 4.69) is 0 Å². The van der Waals surface area contributed by atoms with Gasteiger partial charge in [-0.3, -0.25) is 4.79 Å². The summed E-state index contributed by atoms with van der Waals surface area (Å²) in [7, 11) is 3.09. The molecular weight excluding hydrogens is 218 g/mol. The van der Waals surface area contributed by atoms with Crippen LogP contribution in [0.5, 0.6) is 11.5 Å². The summed E-state index contributed by atoms with van der Waals surface area (Å²) >= 11 is 0. The van der Waals surface area contributed by atoms with Gasteiger partial charge in [0.1, 0.15) is 6.29 Å². The van der Waals surface area contributed by atoms with E-state index >= 15 is 0 Å². The molecule has 0 fully saturated rings. The molecule has 0 saturated carbocycles. The fourth-order valence-corrected chi connectivity index (χ4v) is 0.926. The lowest BCUT2D eigenvalue weighted by Crippen LogP contribution is -1.91. The van der Waals surface area contributed by atoms with Crippen molar-refractivity contribution in [1.82, 2.24) is 0 Å². The summed E-state index contributed by atoms with van der Waals surface area (Å²) in [5.41, 5.74) is 0.577. The van der Waals surface area contributed by atoms with Crippen molar-refractivity contribution in [2.75, 3.05) is 14.2 Å². The highest BCUT2D eigenvalue weighted by atomic mass is 16.9. The number of benzene rings is 1. The largest absolute Gasteiger partial charge is 0.493 e. The van der Waals surface area contributed by atoms with Crippen molar-refractivity contribution >= 4 is 6.29 Å². The molecule has 7 nitrogen and oxygen atoms in total. The molecule has 0 aliphatic rings. The molecule has 0 amide bonds. The molecule has 0 N–H and O–H groups in total. The van der Waals surface area contributed by atoms with Gasteiger partial charge in [-0.1, -0.05) is 0 Å². The predicted octanol–water partition coefficient (Wildman–Crippen LogP) is 1.28. The van der Waals surface area contributed by atoms with E-state index in [0.29, 0.717) is 17.1 Å². The lowest BCUT2D eigenvalue weighted by Gasteiger charge is -2.06. The first-order chi connectivity index (χ1) is 7.54. The lowest BCUT2D eigenvalue weighted by atomic mass is 10.2. The van der Waals surface area contributed by atoms with Crippen LogP contribution in [-0.2, 0) is 0 Å². The number of ether oxygens (including phenoxy) is 2. The quantitative estimate of drug-likeness (QED) is 0.438. The predicted molar refractivity (Wildman–Crippen MR) is 55.3 cm³/mol.